The Morgan fingerprint density at radius 1 is 0.931 bits per heavy atom. The largest absolute Gasteiger partial charge is 0.354 e. The van der Waals surface area contributed by atoms with E-state index in [0.29, 0.717) is 51.2 Å². The highest BCUT2D eigenvalue weighted by atomic mass is 35.5. The summed E-state index contributed by atoms with van der Waals surface area (Å²) in [5.41, 5.74) is 1.73. The molecule has 1 aromatic heterocycles. The monoisotopic (exact) mass is 468 g/mol. The van der Waals surface area contributed by atoms with Crippen molar-refractivity contribution in [3.05, 3.63) is 74.3 Å². The number of hydrogen-bond donors (Lipinski definition) is 2. The van der Waals surface area contributed by atoms with Crippen LogP contribution in [-0.4, -0.2) is 29.0 Å². The lowest BCUT2D eigenvalue weighted by atomic mass is 10.1. The molecule has 150 valence electrons. The van der Waals surface area contributed by atoms with E-state index in [1.54, 1.807) is 42.6 Å². The summed E-state index contributed by atoms with van der Waals surface area (Å²) in [4.78, 5) is 20.9. The van der Waals surface area contributed by atoms with Gasteiger partial charge in [0.1, 0.15) is 0 Å². The van der Waals surface area contributed by atoms with Crippen LogP contribution in [0, 0.1) is 0 Å². The highest BCUT2D eigenvalue weighted by Crippen LogP contribution is 2.29. The molecule has 0 aliphatic carbocycles. The maximum atomic E-state index is 12.2. The molecular formula is C20H16Cl4N4O. The summed E-state index contributed by atoms with van der Waals surface area (Å²) in [6, 6.07) is 12.0. The molecule has 0 unspecified atom stereocenters. The first-order valence-corrected chi connectivity index (χ1v) is 10.2. The van der Waals surface area contributed by atoms with Crippen molar-refractivity contribution < 1.29 is 4.79 Å². The normalized spacial score (nSPS) is 10.6. The second-order valence-corrected chi connectivity index (χ2v) is 7.68. The minimum absolute atomic E-state index is 0.277. The van der Waals surface area contributed by atoms with Crippen molar-refractivity contribution in [3.63, 3.8) is 0 Å². The van der Waals surface area contributed by atoms with Crippen molar-refractivity contribution in [2.75, 3.05) is 18.4 Å². The highest BCUT2D eigenvalue weighted by molar-refractivity contribution is 6.39. The van der Waals surface area contributed by atoms with Crippen LogP contribution in [-0.2, 0) is 0 Å². The number of aromatic nitrogens is 2. The molecular weight excluding hydrogens is 454 g/mol. The van der Waals surface area contributed by atoms with E-state index in [0.717, 1.165) is 5.56 Å². The Morgan fingerprint density at radius 2 is 1.69 bits per heavy atom. The van der Waals surface area contributed by atoms with Crippen LogP contribution >= 0.6 is 46.4 Å². The summed E-state index contributed by atoms with van der Waals surface area (Å²) in [7, 11) is 0. The molecule has 0 aliphatic heterocycles. The predicted octanol–water partition coefficient (Wildman–Crippen LogP) is 5.99. The van der Waals surface area contributed by atoms with Crippen molar-refractivity contribution >= 4 is 58.3 Å². The van der Waals surface area contributed by atoms with Crippen LogP contribution in [0.25, 0.3) is 11.3 Å². The molecule has 1 amide bonds. The van der Waals surface area contributed by atoms with Gasteiger partial charge in [0, 0.05) is 29.9 Å². The lowest BCUT2D eigenvalue weighted by Gasteiger charge is -2.10. The average Bonchev–Trinajstić information content (AvgIpc) is 2.68. The van der Waals surface area contributed by atoms with Crippen LogP contribution in [0.2, 0.25) is 20.1 Å². The van der Waals surface area contributed by atoms with E-state index in [2.05, 4.69) is 20.6 Å². The SMILES string of the molecule is O=C(NCCCNc1nccc(-c2ccc(Cl)cc2Cl)n1)c1c(Cl)cccc1Cl. The molecule has 0 radical (unpaired) electrons. The maximum absolute atomic E-state index is 12.2. The minimum Gasteiger partial charge on any atom is -0.354 e. The molecule has 2 N–H and O–H groups in total. The quantitative estimate of drug-likeness (QED) is 0.417. The van der Waals surface area contributed by atoms with E-state index >= 15 is 0 Å². The third-order valence-electron chi connectivity index (χ3n) is 3.97. The summed E-state index contributed by atoms with van der Waals surface area (Å²) in [6.07, 6.45) is 2.31. The Balaban J connectivity index is 1.52. The molecule has 9 heteroatoms. The Hall–Kier alpha value is -2.05. The smallest absolute Gasteiger partial charge is 0.254 e. The molecule has 3 rings (SSSR count). The zero-order valence-corrected chi connectivity index (χ0v) is 18.1. The van der Waals surface area contributed by atoms with E-state index in [-0.39, 0.29) is 11.5 Å². The Morgan fingerprint density at radius 3 is 2.41 bits per heavy atom. The highest BCUT2D eigenvalue weighted by Gasteiger charge is 2.13. The lowest BCUT2D eigenvalue weighted by molar-refractivity contribution is 0.0954. The molecule has 0 saturated heterocycles. The fourth-order valence-corrected chi connectivity index (χ4v) is 3.66. The van der Waals surface area contributed by atoms with E-state index in [1.165, 1.54) is 0 Å². The van der Waals surface area contributed by atoms with Gasteiger partial charge in [0.2, 0.25) is 5.95 Å². The Bertz CT molecular complexity index is 1010. The van der Waals surface area contributed by atoms with Crippen molar-refractivity contribution in [1.29, 1.82) is 0 Å². The Kier molecular flexibility index (Phi) is 7.56. The average molecular weight is 470 g/mol. The van der Waals surface area contributed by atoms with Crippen LogP contribution in [0.5, 0.6) is 0 Å². The van der Waals surface area contributed by atoms with Gasteiger partial charge in [-0.05, 0) is 42.8 Å². The number of nitrogens with one attached hydrogen (secondary N) is 2. The number of halogens is 4. The summed E-state index contributed by atoms with van der Waals surface area (Å²) < 4.78 is 0. The predicted molar refractivity (Wildman–Crippen MR) is 119 cm³/mol. The van der Waals surface area contributed by atoms with E-state index in [1.807, 2.05) is 6.07 Å². The number of benzene rings is 2. The topological polar surface area (TPSA) is 66.9 Å². The summed E-state index contributed by atoms with van der Waals surface area (Å²) in [6.45, 7) is 1.00. The molecule has 0 bridgehead atoms. The maximum Gasteiger partial charge on any atom is 0.254 e. The lowest BCUT2D eigenvalue weighted by Crippen LogP contribution is -2.26. The molecule has 2 aromatic carbocycles. The van der Waals surface area contributed by atoms with Crippen LogP contribution in [0.1, 0.15) is 16.8 Å². The number of anilines is 1. The van der Waals surface area contributed by atoms with Gasteiger partial charge < -0.3 is 10.6 Å². The second-order valence-electron chi connectivity index (χ2n) is 6.02. The molecule has 0 atom stereocenters. The zero-order chi connectivity index (χ0) is 20.8. The number of hydrogen-bond acceptors (Lipinski definition) is 4. The van der Waals surface area contributed by atoms with E-state index in [4.69, 9.17) is 46.4 Å². The van der Waals surface area contributed by atoms with Crippen molar-refractivity contribution in [1.82, 2.24) is 15.3 Å². The van der Waals surface area contributed by atoms with Crippen LogP contribution in [0.15, 0.2) is 48.7 Å². The summed E-state index contributed by atoms with van der Waals surface area (Å²) in [5.74, 6) is 0.158. The third-order valence-corrected chi connectivity index (χ3v) is 5.15. The van der Waals surface area contributed by atoms with Crippen LogP contribution in [0.3, 0.4) is 0 Å². The number of carbonyl (C=O) groups excluding carboxylic acids is 1. The van der Waals surface area contributed by atoms with Gasteiger partial charge >= 0.3 is 0 Å². The van der Waals surface area contributed by atoms with Gasteiger partial charge in [0.25, 0.3) is 5.91 Å². The summed E-state index contributed by atoms with van der Waals surface area (Å²) >= 11 is 24.3. The molecule has 1 heterocycles. The first-order valence-electron chi connectivity index (χ1n) is 8.70. The Labute approximate surface area is 188 Å². The van der Waals surface area contributed by atoms with Crippen molar-refractivity contribution in [2.24, 2.45) is 0 Å². The molecule has 0 spiro atoms. The third kappa shape index (κ3) is 5.73. The van der Waals surface area contributed by atoms with Crippen molar-refractivity contribution in [2.45, 2.75) is 6.42 Å². The summed E-state index contributed by atoms with van der Waals surface area (Å²) in [5, 5.41) is 7.64. The van der Waals surface area contributed by atoms with Gasteiger partial charge in [-0.2, -0.15) is 0 Å². The van der Waals surface area contributed by atoms with Gasteiger partial charge in [-0.1, -0.05) is 52.5 Å². The molecule has 5 nitrogen and oxygen atoms in total. The number of rotatable bonds is 7. The molecule has 0 saturated carbocycles. The van der Waals surface area contributed by atoms with Gasteiger partial charge in [-0.15, -0.1) is 0 Å². The number of carbonyl (C=O) groups is 1. The van der Waals surface area contributed by atoms with Crippen LogP contribution < -0.4 is 10.6 Å². The molecule has 0 fully saturated rings. The molecule has 29 heavy (non-hydrogen) atoms. The van der Waals surface area contributed by atoms with Crippen LogP contribution in [0.4, 0.5) is 5.95 Å². The van der Waals surface area contributed by atoms with E-state index in [9.17, 15) is 4.79 Å². The second kappa shape index (κ2) is 10.1. The molecule has 0 aliphatic rings. The van der Waals surface area contributed by atoms with Gasteiger partial charge in [0.05, 0.1) is 26.3 Å². The zero-order valence-electron chi connectivity index (χ0n) is 15.1. The number of nitrogens with zero attached hydrogens (tertiary/aromatic N) is 2. The first kappa shape index (κ1) is 21.7. The minimum atomic E-state index is -0.309. The van der Waals surface area contributed by atoms with Crippen molar-refractivity contribution in [3.8, 4) is 11.3 Å². The van der Waals surface area contributed by atoms with E-state index < -0.39 is 0 Å². The van der Waals surface area contributed by atoms with Gasteiger partial charge in [-0.3, -0.25) is 4.79 Å². The molecule has 3 aromatic rings. The van der Waals surface area contributed by atoms with Gasteiger partial charge in [-0.25, -0.2) is 9.97 Å². The standard InChI is InChI=1S/C20H16Cl4N4O/c21-12-5-6-13(16(24)11-12)17-7-10-27-20(28-17)26-9-2-8-25-19(29)18-14(22)3-1-4-15(18)23/h1,3-7,10-11H,2,8-9H2,(H,25,29)(H,26,27,28). The fourth-order valence-electron chi connectivity index (χ4n) is 2.58. The first-order chi connectivity index (χ1) is 14.0. The fraction of sp³-hybridized carbons (Fsp3) is 0.150. The van der Waals surface area contributed by atoms with Gasteiger partial charge in [0.15, 0.2) is 0 Å². The number of amides is 1.